The molecule has 3 heterocycles. The third kappa shape index (κ3) is 6.77. The first-order chi connectivity index (χ1) is 19.5. The van der Waals surface area contributed by atoms with Gasteiger partial charge in [0.25, 0.3) is 0 Å². The average Bonchev–Trinajstić information content (AvgIpc) is 3.24. The Balaban J connectivity index is 1.79. The molecule has 0 radical (unpaired) electrons. The maximum atomic E-state index is 15.0. The molecular formula is C29H34F2N8O2. The summed E-state index contributed by atoms with van der Waals surface area (Å²) in [5.41, 5.74) is 1.89. The van der Waals surface area contributed by atoms with Crippen molar-refractivity contribution in [2.45, 2.75) is 20.0 Å². The number of carbonyl (C=O) groups is 1. The molecule has 10 nitrogen and oxygen atoms in total. The molecule has 2 N–H and O–H groups in total. The molecule has 1 aromatic carbocycles. The number of amides is 1. The summed E-state index contributed by atoms with van der Waals surface area (Å²) in [6, 6.07) is 5.98. The van der Waals surface area contributed by atoms with E-state index in [1.165, 1.54) is 12.1 Å². The fraction of sp³-hybridized carbons (Fsp3) is 0.310. The van der Waals surface area contributed by atoms with Crippen LogP contribution in [0.5, 0.6) is 5.88 Å². The molecule has 0 atom stereocenters. The van der Waals surface area contributed by atoms with Gasteiger partial charge in [-0.15, -0.1) is 0 Å². The highest BCUT2D eigenvalue weighted by atomic mass is 19.1. The number of halogens is 2. The number of hydrogen-bond acceptors (Lipinski definition) is 8. The van der Waals surface area contributed by atoms with Crippen LogP contribution in [0.25, 0.3) is 22.2 Å². The number of hydrogen-bond donors (Lipinski definition) is 2. The van der Waals surface area contributed by atoms with E-state index in [1.54, 1.807) is 29.9 Å². The number of benzene rings is 1. The van der Waals surface area contributed by atoms with Gasteiger partial charge >= 0.3 is 0 Å². The second kappa shape index (κ2) is 12.3. The second-order valence-electron chi connectivity index (χ2n) is 10.1. The minimum absolute atomic E-state index is 0.00166. The van der Waals surface area contributed by atoms with Crippen molar-refractivity contribution in [1.29, 1.82) is 0 Å². The van der Waals surface area contributed by atoms with Gasteiger partial charge in [0.15, 0.2) is 11.6 Å². The largest absolute Gasteiger partial charge is 0.473 e. The van der Waals surface area contributed by atoms with Gasteiger partial charge in [-0.3, -0.25) is 4.79 Å². The van der Waals surface area contributed by atoms with Gasteiger partial charge in [0.05, 0.1) is 18.0 Å². The zero-order chi connectivity index (χ0) is 29.8. The van der Waals surface area contributed by atoms with Crippen LogP contribution in [0.4, 0.5) is 31.9 Å². The number of fused-ring (bicyclic) bond motifs is 1. The van der Waals surface area contributed by atoms with Crippen molar-refractivity contribution in [3.05, 3.63) is 60.9 Å². The predicted octanol–water partition coefficient (Wildman–Crippen LogP) is 4.96. The Morgan fingerprint density at radius 1 is 1.15 bits per heavy atom. The Morgan fingerprint density at radius 2 is 1.90 bits per heavy atom. The summed E-state index contributed by atoms with van der Waals surface area (Å²) in [6.07, 6.45) is 3.67. The molecule has 0 aliphatic heterocycles. The van der Waals surface area contributed by atoms with E-state index < -0.39 is 17.5 Å². The Labute approximate surface area is 237 Å². The number of nitrogens with zero attached hydrogens (tertiary/aromatic N) is 6. The number of likely N-dealkylation sites (N-methyl/N-ethyl adjacent to an activating group) is 2. The monoisotopic (exact) mass is 564 g/mol. The molecule has 3 aromatic heterocycles. The van der Waals surface area contributed by atoms with Crippen LogP contribution < -0.4 is 20.3 Å². The van der Waals surface area contributed by atoms with Crippen molar-refractivity contribution in [3.8, 4) is 17.1 Å². The quantitative estimate of drug-likeness (QED) is 0.247. The maximum Gasteiger partial charge on any atom is 0.247 e. The number of carbonyl (C=O) groups excluding carboxylic acids is 1. The van der Waals surface area contributed by atoms with Crippen LogP contribution in [0.3, 0.4) is 0 Å². The predicted molar refractivity (Wildman–Crippen MR) is 158 cm³/mol. The topological polar surface area (TPSA) is 100 Å². The summed E-state index contributed by atoms with van der Waals surface area (Å²) in [6.45, 7) is 8.64. The molecule has 0 bridgehead atoms. The zero-order valence-corrected chi connectivity index (χ0v) is 24.0. The fourth-order valence-corrected chi connectivity index (χ4v) is 4.20. The van der Waals surface area contributed by atoms with Crippen LogP contribution in [-0.4, -0.2) is 70.7 Å². The van der Waals surface area contributed by atoms with Gasteiger partial charge in [-0.1, -0.05) is 6.58 Å². The number of nitrogens with one attached hydrogen (secondary N) is 2. The summed E-state index contributed by atoms with van der Waals surface area (Å²) in [7, 11) is 7.59. The van der Waals surface area contributed by atoms with Crippen molar-refractivity contribution in [2.75, 3.05) is 49.8 Å². The van der Waals surface area contributed by atoms with E-state index in [2.05, 4.69) is 27.2 Å². The molecule has 12 heteroatoms. The Kier molecular flexibility index (Phi) is 8.82. The Morgan fingerprint density at radius 3 is 2.59 bits per heavy atom. The van der Waals surface area contributed by atoms with E-state index >= 15 is 4.39 Å². The molecule has 216 valence electrons. The number of ether oxygens (including phenoxy) is 1. The van der Waals surface area contributed by atoms with Crippen molar-refractivity contribution in [3.63, 3.8) is 0 Å². The van der Waals surface area contributed by atoms with E-state index in [-0.39, 0.29) is 23.6 Å². The molecule has 4 aromatic rings. The van der Waals surface area contributed by atoms with E-state index in [4.69, 9.17) is 9.72 Å². The van der Waals surface area contributed by atoms with E-state index in [0.717, 1.165) is 24.3 Å². The summed E-state index contributed by atoms with van der Waals surface area (Å²) in [5, 5.41) is 6.38. The lowest BCUT2D eigenvalue weighted by Gasteiger charge is -2.25. The van der Waals surface area contributed by atoms with Crippen LogP contribution in [0.2, 0.25) is 0 Å². The Bertz CT molecular complexity index is 1590. The highest BCUT2D eigenvalue weighted by molar-refractivity contribution is 6.01. The maximum absolute atomic E-state index is 15.0. The van der Waals surface area contributed by atoms with E-state index in [0.29, 0.717) is 34.7 Å². The average molecular weight is 565 g/mol. The lowest BCUT2D eigenvalue weighted by molar-refractivity contribution is -0.111. The number of aromatic nitrogens is 4. The molecule has 0 saturated carbocycles. The first-order valence-corrected chi connectivity index (χ1v) is 13.0. The van der Waals surface area contributed by atoms with Crippen LogP contribution in [0.1, 0.15) is 13.8 Å². The fourth-order valence-electron chi connectivity index (χ4n) is 4.20. The number of pyridine rings is 1. The SMILES string of the molecule is C=CC(=O)Nc1cc(Nc2ncc(F)c(-c3cn(C)c4ccc(F)cc34)n2)c(OC(C)C)nc1N(C)CCN(C)C. The van der Waals surface area contributed by atoms with Gasteiger partial charge in [-0.05, 0) is 58.3 Å². The number of anilines is 4. The first kappa shape index (κ1) is 29.4. The second-order valence-corrected chi connectivity index (χ2v) is 10.1. The van der Waals surface area contributed by atoms with Gasteiger partial charge < -0.3 is 29.7 Å². The van der Waals surface area contributed by atoms with Crippen molar-refractivity contribution in [2.24, 2.45) is 7.05 Å². The molecule has 0 aliphatic carbocycles. The summed E-state index contributed by atoms with van der Waals surface area (Å²) >= 11 is 0. The zero-order valence-electron chi connectivity index (χ0n) is 24.0. The van der Waals surface area contributed by atoms with Crippen molar-refractivity contribution >= 4 is 40.0 Å². The van der Waals surface area contributed by atoms with Crippen molar-refractivity contribution in [1.82, 2.24) is 24.4 Å². The van der Waals surface area contributed by atoms with Crippen LogP contribution in [-0.2, 0) is 11.8 Å². The highest BCUT2D eigenvalue weighted by Gasteiger charge is 2.21. The molecule has 0 saturated heterocycles. The lowest BCUT2D eigenvalue weighted by atomic mass is 10.1. The lowest BCUT2D eigenvalue weighted by Crippen LogP contribution is -2.30. The normalized spacial score (nSPS) is 11.3. The first-order valence-electron chi connectivity index (χ1n) is 13.0. The van der Waals surface area contributed by atoms with Gasteiger partial charge in [0, 0.05) is 49.8 Å². The van der Waals surface area contributed by atoms with Crippen LogP contribution in [0.15, 0.2) is 49.3 Å². The number of aryl methyl sites for hydroxylation is 1. The molecular weight excluding hydrogens is 530 g/mol. The van der Waals surface area contributed by atoms with Crippen LogP contribution in [0, 0.1) is 11.6 Å². The third-order valence-electron chi connectivity index (χ3n) is 6.20. The molecule has 0 aliphatic rings. The van der Waals surface area contributed by atoms with Crippen molar-refractivity contribution < 1.29 is 18.3 Å². The molecule has 0 spiro atoms. The number of rotatable bonds is 11. The highest BCUT2D eigenvalue weighted by Crippen LogP contribution is 2.36. The van der Waals surface area contributed by atoms with E-state index in [1.807, 2.05) is 44.8 Å². The van der Waals surface area contributed by atoms with E-state index in [9.17, 15) is 9.18 Å². The summed E-state index contributed by atoms with van der Waals surface area (Å²) in [5.74, 6) is -0.738. The minimum atomic E-state index is -0.666. The molecule has 0 fully saturated rings. The minimum Gasteiger partial charge on any atom is -0.473 e. The molecule has 0 unspecified atom stereocenters. The summed E-state index contributed by atoms with van der Waals surface area (Å²) < 4.78 is 36.9. The standard InChI is InChI=1S/C29H34F2N8O2/c1-8-25(40)33-22-14-23(28(41-17(2)3)36-27(22)38(6)12-11-37(4)5)34-29-32-15-21(31)26(35-29)20-16-39(7)24-10-9-18(30)13-19(20)24/h8-10,13-17H,1,11-12H2,2-7H3,(H,33,40)(H,32,34,35). The molecule has 4 rings (SSSR count). The van der Waals surface area contributed by atoms with Gasteiger partial charge in [0.2, 0.25) is 17.7 Å². The van der Waals surface area contributed by atoms with Gasteiger partial charge in [0.1, 0.15) is 17.2 Å². The third-order valence-corrected chi connectivity index (χ3v) is 6.20. The van der Waals surface area contributed by atoms with Gasteiger partial charge in [-0.2, -0.15) is 4.98 Å². The molecule has 1 amide bonds. The smallest absolute Gasteiger partial charge is 0.247 e. The molecule has 41 heavy (non-hydrogen) atoms. The van der Waals surface area contributed by atoms with Gasteiger partial charge in [-0.25, -0.2) is 18.7 Å². The Hall–Kier alpha value is -4.58. The summed E-state index contributed by atoms with van der Waals surface area (Å²) in [4.78, 5) is 29.5. The van der Waals surface area contributed by atoms with Crippen LogP contribution >= 0.6 is 0 Å².